The Labute approximate surface area is 338 Å². The summed E-state index contributed by atoms with van der Waals surface area (Å²) < 4.78 is 2.41. The first-order valence-electron chi connectivity index (χ1n) is 20.0. The molecule has 0 saturated heterocycles. The molecule has 11 rings (SSSR count). The van der Waals surface area contributed by atoms with E-state index in [1.54, 1.807) is 0 Å². The molecule has 2 aromatic heterocycles. The Bertz CT molecular complexity index is 3100. The monoisotopic (exact) mass is 741 g/mol. The minimum absolute atomic E-state index is 0.0634. The summed E-state index contributed by atoms with van der Waals surface area (Å²) in [4.78, 5) is 10.3. The summed E-state index contributed by atoms with van der Waals surface area (Å²) in [6.07, 6.45) is 0. The molecule has 0 atom stereocenters. The fourth-order valence-electron chi connectivity index (χ4n) is 9.12. The van der Waals surface area contributed by atoms with Gasteiger partial charge in [-0.25, -0.2) is 9.97 Å². The van der Waals surface area contributed by atoms with Crippen molar-refractivity contribution in [3.05, 3.63) is 211 Å². The van der Waals surface area contributed by atoms with Gasteiger partial charge in [0, 0.05) is 38.6 Å². The molecule has 3 heteroatoms. The average Bonchev–Trinajstić information content (AvgIpc) is 3.74. The molecular formula is C55H39N3. The Morgan fingerprint density at radius 1 is 0.379 bits per heavy atom. The van der Waals surface area contributed by atoms with Crippen molar-refractivity contribution in [1.29, 1.82) is 0 Å². The SMILES string of the molecule is CC1(C)c2ccccc2-c2c(-c3ccc4c(c3)c3ccc(-c5cc(-c6ccccc6)nc(-c6ccccc6)n5)cc3n4-c3ccc(-c4ccccc4)cc3)cccc21. The van der Waals surface area contributed by atoms with Gasteiger partial charge in [0.15, 0.2) is 5.82 Å². The zero-order valence-electron chi connectivity index (χ0n) is 32.4. The predicted molar refractivity (Wildman–Crippen MR) is 241 cm³/mol. The fourth-order valence-corrected chi connectivity index (χ4v) is 9.12. The summed E-state index contributed by atoms with van der Waals surface area (Å²) in [6, 6.07) is 71.9. The van der Waals surface area contributed by atoms with Gasteiger partial charge in [0.05, 0.1) is 22.4 Å². The maximum Gasteiger partial charge on any atom is 0.160 e. The molecule has 0 unspecified atom stereocenters. The van der Waals surface area contributed by atoms with E-state index in [1.165, 1.54) is 55.3 Å². The second kappa shape index (κ2) is 13.4. The Kier molecular flexibility index (Phi) is 7.84. The summed E-state index contributed by atoms with van der Waals surface area (Å²) >= 11 is 0. The first kappa shape index (κ1) is 33.9. The van der Waals surface area contributed by atoms with Crippen LogP contribution in [0.1, 0.15) is 25.0 Å². The zero-order valence-corrected chi connectivity index (χ0v) is 32.4. The van der Waals surface area contributed by atoms with Crippen LogP contribution >= 0.6 is 0 Å². The van der Waals surface area contributed by atoms with E-state index in [-0.39, 0.29) is 5.41 Å². The Morgan fingerprint density at radius 2 is 0.948 bits per heavy atom. The van der Waals surface area contributed by atoms with Crippen molar-refractivity contribution in [2.24, 2.45) is 0 Å². The van der Waals surface area contributed by atoms with Crippen molar-refractivity contribution in [2.45, 2.75) is 19.3 Å². The van der Waals surface area contributed by atoms with E-state index in [0.717, 1.165) is 44.8 Å². The molecule has 0 N–H and O–H groups in total. The third-order valence-electron chi connectivity index (χ3n) is 12.0. The number of nitrogens with zero attached hydrogens (tertiary/aromatic N) is 3. The van der Waals surface area contributed by atoms with Gasteiger partial charge in [-0.1, -0.05) is 178 Å². The highest BCUT2D eigenvalue weighted by Gasteiger charge is 2.36. The van der Waals surface area contributed by atoms with Gasteiger partial charge in [0.1, 0.15) is 0 Å². The minimum Gasteiger partial charge on any atom is -0.309 e. The summed E-state index contributed by atoms with van der Waals surface area (Å²) in [6.45, 7) is 4.70. The van der Waals surface area contributed by atoms with Crippen LogP contribution in [-0.2, 0) is 5.41 Å². The van der Waals surface area contributed by atoms with E-state index in [9.17, 15) is 0 Å². The van der Waals surface area contributed by atoms with Gasteiger partial charge in [-0.05, 0) is 80.9 Å². The van der Waals surface area contributed by atoms with Crippen LogP contribution in [0.25, 0.3) is 94.8 Å². The highest BCUT2D eigenvalue weighted by Crippen LogP contribution is 2.52. The third kappa shape index (κ3) is 5.50. The molecule has 0 radical (unpaired) electrons. The summed E-state index contributed by atoms with van der Waals surface area (Å²) in [5, 5.41) is 2.41. The van der Waals surface area contributed by atoms with E-state index >= 15 is 0 Å². The fraction of sp³-hybridized carbons (Fsp3) is 0.0545. The topological polar surface area (TPSA) is 30.7 Å². The summed E-state index contributed by atoms with van der Waals surface area (Å²) in [7, 11) is 0. The maximum absolute atomic E-state index is 5.20. The number of fused-ring (bicyclic) bond motifs is 6. The molecular weight excluding hydrogens is 703 g/mol. The number of hydrogen-bond donors (Lipinski definition) is 0. The molecule has 0 spiro atoms. The molecule has 274 valence electrons. The Balaban J connectivity index is 1.13. The Hall–Kier alpha value is -7.36. The third-order valence-corrected chi connectivity index (χ3v) is 12.0. The second-order valence-electron chi connectivity index (χ2n) is 15.8. The van der Waals surface area contributed by atoms with E-state index < -0.39 is 0 Å². The van der Waals surface area contributed by atoms with Crippen LogP contribution in [-0.4, -0.2) is 14.5 Å². The molecule has 1 aliphatic rings. The largest absolute Gasteiger partial charge is 0.309 e. The summed E-state index contributed by atoms with van der Waals surface area (Å²) in [5.41, 5.74) is 18.5. The number of rotatable bonds is 6. The molecule has 8 aromatic carbocycles. The van der Waals surface area contributed by atoms with Gasteiger partial charge in [-0.3, -0.25) is 0 Å². The van der Waals surface area contributed by atoms with Crippen molar-refractivity contribution in [1.82, 2.24) is 14.5 Å². The lowest BCUT2D eigenvalue weighted by atomic mass is 9.82. The summed E-state index contributed by atoms with van der Waals surface area (Å²) in [5.74, 6) is 0.707. The first-order chi connectivity index (χ1) is 28.5. The van der Waals surface area contributed by atoms with Crippen LogP contribution in [0, 0.1) is 0 Å². The molecule has 0 amide bonds. The lowest BCUT2D eigenvalue weighted by Gasteiger charge is -2.21. The maximum atomic E-state index is 5.20. The van der Waals surface area contributed by atoms with E-state index in [4.69, 9.17) is 9.97 Å². The molecule has 2 heterocycles. The van der Waals surface area contributed by atoms with Crippen LogP contribution in [0.3, 0.4) is 0 Å². The molecule has 0 saturated carbocycles. The van der Waals surface area contributed by atoms with Gasteiger partial charge in [-0.15, -0.1) is 0 Å². The molecule has 1 aliphatic carbocycles. The number of benzene rings is 8. The highest BCUT2D eigenvalue weighted by molar-refractivity contribution is 6.12. The lowest BCUT2D eigenvalue weighted by molar-refractivity contribution is 0.660. The zero-order chi connectivity index (χ0) is 38.8. The molecule has 0 fully saturated rings. The molecule has 58 heavy (non-hydrogen) atoms. The van der Waals surface area contributed by atoms with Crippen LogP contribution in [0.5, 0.6) is 0 Å². The highest BCUT2D eigenvalue weighted by atomic mass is 15.0. The van der Waals surface area contributed by atoms with Crippen molar-refractivity contribution < 1.29 is 0 Å². The van der Waals surface area contributed by atoms with Crippen LogP contribution in [0.4, 0.5) is 0 Å². The van der Waals surface area contributed by atoms with E-state index in [2.05, 4.69) is 194 Å². The standard InChI is InChI=1S/C55H39N3/c1-55(2)47-23-13-12-21-45(47)53-43(22-14-24-48(53)55)40-28-32-51-46(33-40)44-31-27-41(34-52(44)58(51)42-29-25-37(26-30-42)36-15-6-3-7-16-36)50-35-49(38-17-8-4-9-18-38)56-54(57-50)39-19-10-5-11-20-39/h3-35H,1-2H3. The minimum atomic E-state index is -0.0634. The van der Waals surface area contributed by atoms with Crippen LogP contribution < -0.4 is 0 Å². The Morgan fingerprint density at radius 3 is 1.69 bits per heavy atom. The normalized spacial score (nSPS) is 12.8. The average molecular weight is 742 g/mol. The van der Waals surface area contributed by atoms with Crippen molar-refractivity contribution >= 4 is 21.8 Å². The molecule has 10 aromatic rings. The molecule has 3 nitrogen and oxygen atoms in total. The van der Waals surface area contributed by atoms with Gasteiger partial charge in [0.2, 0.25) is 0 Å². The number of hydrogen-bond acceptors (Lipinski definition) is 2. The lowest BCUT2D eigenvalue weighted by Crippen LogP contribution is -2.14. The quantitative estimate of drug-likeness (QED) is 0.170. The van der Waals surface area contributed by atoms with E-state index in [0.29, 0.717) is 5.82 Å². The first-order valence-corrected chi connectivity index (χ1v) is 20.0. The van der Waals surface area contributed by atoms with Crippen molar-refractivity contribution in [3.8, 4) is 73.0 Å². The van der Waals surface area contributed by atoms with Gasteiger partial charge >= 0.3 is 0 Å². The van der Waals surface area contributed by atoms with Gasteiger partial charge in [-0.2, -0.15) is 0 Å². The van der Waals surface area contributed by atoms with Crippen molar-refractivity contribution in [2.75, 3.05) is 0 Å². The molecule has 0 aliphatic heterocycles. The molecule has 0 bridgehead atoms. The van der Waals surface area contributed by atoms with E-state index in [1.807, 2.05) is 24.3 Å². The second-order valence-corrected chi connectivity index (χ2v) is 15.8. The van der Waals surface area contributed by atoms with Gasteiger partial charge in [0.25, 0.3) is 0 Å². The smallest absolute Gasteiger partial charge is 0.160 e. The predicted octanol–water partition coefficient (Wildman–Crippen LogP) is 14.2. The van der Waals surface area contributed by atoms with Crippen LogP contribution in [0.15, 0.2) is 200 Å². The number of aromatic nitrogens is 3. The van der Waals surface area contributed by atoms with Crippen molar-refractivity contribution in [3.63, 3.8) is 0 Å². The van der Waals surface area contributed by atoms with Gasteiger partial charge < -0.3 is 4.57 Å². The van der Waals surface area contributed by atoms with Crippen LogP contribution in [0.2, 0.25) is 0 Å².